The van der Waals surface area contributed by atoms with E-state index in [0.29, 0.717) is 18.7 Å². The summed E-state index contributed by atoms with van der Waals surface area (Å²) < 4.78 is 0. The Hall–Kier alpha value is -1.59. The number of nitrogens with one attached hydrogen (secondary N) is 1. The Bertz CT molecular complexity index is 402. The second kappa shape index (κ2) is 7.11. The van der Waals surface area contributed by atoms with Crippen LogP contribution in [-0.4, -0.2) is 40.8 Å². The summed E-state index contributed by atoms with van der Waals surface area (Å²) in [6, 6.07) is 6.84. The van der Waals surface area contributed by atoms with Crippen molar-refractivity contribution in [3.05, 3.63) is 29.8 Å². The molecule has 0 fully saturated rings. The molecule has 106 valence electrons. The molecule has 1 aromatic carbocycles. The number of hydrogen-bond donors (Lipinski definition) is 3. The second-order valence-electron chi connectivity index (χ2n) is 4.79. The summed E-state index contributed by atoms with van der Waals surface area (Å²) in [7, 11) is 1.68. The third-order valence-electron chi connectivity index (χ3n) is 2.87. The molecule has 0 aliphatic heterocycles. The molecule has 0 saturated heterocycles. The van der Waals surface area contributed by atoms with Crippen molar-refractivity contribution in [3.63, 3.8) is 0 Å². The van der Waals surface area contributed by atoms with Crippen LogP contribution in [0.15, 0.2) is 24.3 Å². The Morgan fingerprint density at radius 2 is 1.84 bits per heavy atom. The lowest BCUT2D eigenvalue weighted by Crippen LogP contribution is -2.33. The van der Waals surface area contributed by atoms with Gasteiger partial charge in [0.05, 0.1) is 12.2 Å². The van der Waals surface area contributed by atoms with Gasteiger partial charge in [0.25, 0.3) is 0 Å². The van der Waals surface area contributed by atoms with Crippen molar-refractivity contribution < 1.29 is 15.0 Å². The quantitative estimate of drug-likeness (QED) is 0.763. The zero-order valence-electron chi connectivity index (χ0n) is 11.6. The molecule has 0 radical (unpaired) electrons. The molecule has 2 amide bonds. The highest BCUT2D eigenvalue weighted by atomic mass is 16.3. The zero-order chi connectivity index (χ0) is 14.4. The molecule has 5 heteroatoms. The lowest BCUT2D eigenvalue weighted by molar-refractivity contribution is 0.167. The molecule has 19 heavy (non-hydrogen) atoms. The van der Waals surface area contributed by atoms with E-state index in [1.54, 1.807) is 45.2 Å². The fourth-order valence-corrected chi connectivity index (χ4v) is 1.55. The number of hydrogen-bond acceptors (Lipinski definition) is 3. The molecule has 0 saturated carbocycles. The highest BCUT2D eigenvalue weighted by Crippen LogP contribution is 2.15. The molecule has 2 atom stereocenters. The summed E-state index contributed by atoms with van der Waals surface area (Å²) in [6.07, 6.45) is -0.385. The summed E-state index contributed by atoms with van der Waals surface area (Å²) in [5.74, 6) is 0. The van der Waals surface area contributed by atoms with E-state index in [9.17, 15) is 15.0 Å². The molecule has 2 unspecified atom stereocenters. The van der Waals surface area contributed by atoms with E-state index in [-0.39, 0.29) is 6.03 Å². The van der Waals surface area contributed by atoms with Crippen molar-refractivity contribution in [2.24, 2.45) is 0 Å². The molecule has 0 aliphatic rings. The second-order valence-corrected chi connectivity index (χ2v) is 4.79. The van der Waals surface area contributed by atoms with Crippen molar-refractivity contribution in [1.29, 1.82) is 0 Å². The standard InChI is InChI=1S/C14H22N2O3/c1-10(17)8-9-16(3)14(19)15-13-6-4-12(5-7-13)11(2)18/h4-7,10-11,17-18H,8-9H2,1-3H3,(H,15,19). The van der Waals surface area contributed by atoms with Gasteiger partial charge in [0, 0.05) is 19.3 Å². The molecular weight excluding hydrogens is 244 g/mol. The van der Waals surface area contributed by atoms with Crippen LogP contribution in [0, 0.1) is 0 Å². The van der Waals surface area contributed by atoms with Gasteiger partial charge in [-0.2, -0.15) is 0 Å². The number of benzene rings is 1. The molecule has 1 aromatic rings. The Morgan fingerprint density at radius 1 is 1.26 bits per heavy atom. The Balaban J connectivity index is 2.51. The number of aliphatic hydroxyl groups is 2. The third-order valence-corrected chi connectivity index (χ3v) is 2.87. The van der Waals surface area contributed by atoms with Gasteiger partial charge in [-0.05, 0) is 38.0 Å². The smallest absolute Gasteiger partial charge is 0.321 e. The molecule has 0 aliphatic carbocycles. The van der Waals surface area contributed by atoms with Crippen LogP contribution in [0.1, 0.15) is 31.9 Å². The molecule has 5 nitrogen and oxygen atoms in total. The molecule has 0 heterocycles. The van der Waals surface area contributed by atoms with Gasteiger partial charge in [-0.25, -0.2) is 4.79 Å². The number of amides is 2. The monoisotopic (exact) mass is 266 g/mol. The number of aliphatic hydroxyl groups excluding tert-OH is 2. The summed E-state index contributed by atoms with van der Waals surface area (Å²) >= 11 is 0. The zero-order valence-corrected chi connectivity index (χ0v) is 11.6. The van der Waals surface area contributed by atoms with Crippen molar-refractivity contribution in [1.82, 2.24) is 4.90 Å². The van der Waals surface area contributed by atoms with Gasteiger partial charge in [-0.15, -0.1) is 0 Å². The predicted octanol–water partition coefficient (Wildman–Crippen LogP) is 1.97. The number of urea groups is 1. The third kappa shape index (κ3) is 5.28. The first kappa shape index (κ1) is 15.5. The minimum absolute atomic E-state index is 0.217. The SMILES string of the molecule is CC(O)CCN(C)C(=O)Nc1ccc(C(C)O)cc1. The number of carbonyl (C=O) groups excluding carboxylic acids is 1. The van der Waals surface area contributed by atoms with Crippen molar-refractivity contribution in [2.45, 2.75) is 32.5 Å². The summed E-state index contributed by atoms with van der Waals surface area (Å²) in [4.78, 5) is 13.4. The van der Waals surface area contributed by atoms with Gasteiger partial charge >= 0.3 is 6.03 Å². The maximum absolute atomic E-state index is 11.8. The fraction of sp³-hybridized carbons (Fsp3) is 0.500. The highest BCUT2D eigenvalue weighted by molar-refractivity contribution is 5.89. The first-order chi connectivity index (χ1) is 8.90. The average Bonchev–Trinajstić information content (AvgIpc) is 2.36. The maximum Gasteiger partial charge on any atom is 0.321 e. The molecule has 0 bridgehead atoms. The number of anilines is 1. The van der Waals surface area contributed by atoms with Crippen molar-refractivity contribution in [2.75, 3.05) is 18.9 Å². The van der Waals surface area contributed by atoms with Crippen LogP contribution < -0.4 is 5.32 Å². The van der Waals surface area contributed by atoms with Crippen molar-refractivity contribution >= 4 is 11.7 Å². The maximum atomic E-state index is 11.8. The van der Waals surface area contributed by atoms with Gasteiger partial charge in [0.2, 0.25) is 0 Å². The van der Waals surface area contributed by atoms with E-state index in [1.807, 2.05) is 0 Å². The number of carbonyl (C=O) groups is 1. The van der Waals surface area contributed by atoms with Gasteiger partial charge in [-0.1, -0.05) is 12.1 Å². The summed E-state index contributed by atoms with van der Waals surface area (Å²) in [5.41, 5.74) is 1.48. The lowest BCUT2D eigenvalue weighted by atomic mass is 10.1. The molecule has 0 spiro atoms. The number of rotatable bonds is 5. The largest absolute Gasteiger partial charge is 0.393 e. The van der Waals surface area contributed by atoms with Crippen LogP contribution in [0.25, 0.3) is 0 Å². The van der Waals surface area contributed by atoms with E-state index >= 15 is 0 Å². The van der Waals surface area contributed by atoms with E-state index < -0.39 is 12.2 Å². The fourth-order valence-electron chi connectivity index (χ4n) is 1.55. The molecule has 0 aromatic heterocycles. The summed E-state index contributed by atoms with van der Waals surface area (Å²) in [5, 5.41) is 21.3. The topological polar surface area (TPSA) is 72.8 Å². The first-order valence-electron chi connectivity index (χ1n) is 6.38. The van der Waals surface area contributed by atoms with Gasteiger partial charge in [0.15, 0.2) is 0 Å². The molecule has 3 N–H and O–H groups in total. The molecular formula is C14H22N2O3. The van der Waals surface area contributed by atoms with Gasteiger partial charge in [0.1, 0.15) is 0 Å². The normalized spacial score (nSPS) is 13.7. The minimum Gasteiger partial charge on any atom is -0.393 e. The number of nitrogens with zero attached hydrogens (tertiary/aromatic N) is 1. The first-order valence-corrected chi connectivity index (χ1v) is 6.38. The minimum atomic E-state index is -0.515. The van der Waals surface area contributed by atoms with Crippen LogP contribution in [-0.2, 0) is 0 Å². The van der Waals surface area contributed by atoms with E-state index in [2.05, 4.69) is 5.32 Å². The highest BCUT2D eigenvalue weighted by Gasteiger charge is 2.10. The van der Waals surface area contributed by atoms with Gasteiger partial charge in [-0.3, -0.25) is 0 Å². The van der Waals surface area contributed by atoms with Crippen molar-refractivity contribution in [3.8, 4) is 0 Å². The van der Waals surface area contributed by atoms with Crippen LogP contribution >= 0.6 is 0 Å². The van der Waals surface area contributed by atoms with E-state index in [1.165, 1.54) is 4.90 Å². The van der Waals surface area contributed by atoms with Crippen LogP contribution in [0.5, 0.6) is 0 Å². The van der Waals surface area contributed by atoms with E-state index in [4.69, 9.17) is 0 Å². The van der Waals surface area contributed by atoms with Crippen LogP contribution in [0.2, 0.25) is 0 Å². The average molecular weight is 266 g/mol. The van der Waals surface area contributed by atoms with Crippen LogP contribution in [0.3, 0.4) is 0 Å². The van der Waals surface area contributed by atoms with E-state index in [0.717, 1.165) is 5.56 Å². The summed E-state index contributed by atoms with van der Waals surface area (Å²) in [6.45, 7) is 3.88. The lowest BCUT2D eigenvalue weighted by Gasteiger charge is -2.18. The van der Waals surface area contributed by atoms with Gasteiger partial charge < -0.3 is 20.4 Å². The Kier molecular flexibility index (Phi) is 5.79. The Labute approximate surface area is 113 Å². The van der Waals surface area contributed by atoms with Crippen LogP contribution in [0.4, 0.5) is 10.5 Å². The molecule has 1 rings (SSSR count). The Morgan fingerprint density at radius 3 is 2.32 bits per heavy atom. The predicted molar refractivity (Wildman–Crippen MR) is 75.0 cm³/mol.